The summed E-state index contributed by atoms with van der Waals surface area (Å²) in [5, 5.41) is 14.6. The van der Waals surface area contributed by atoms with Crippen molar-refractivity contribution in [3.63, 3.8) is 0 Å². The Hall–Kier alpha value is -3.68. The summed E-state index contributed by atoms with van der Waals surface area (Å²) in [6, 6.07) is 5.68. The summed E-state index contributed by atoms with van der Waals surface area (Å²) >= 11 is 0. The van der Waals surface area contributed by atoms with E-state index >= 15 is 0 Å². The minimum atomic E-state index is 0.961. The molecule has 0 unspecified atom stereocenters. The average Bonchev–Trinajstić information content (AvgIpc) is 2.96. The van der Waals surface area contributed by atoms with Gasteiger partial charge in [-0.05, 0) is 57.0 Å². The molecule has 8 nitrogen and oxygen atoms in total. The number of hydrogen-bond donors (Lipinski definition) is 0. The number of aromatic nitrogens is 8. The molecule has 200 valence electrons. The molecule has 36 heavy (non-hydrogen) atoms. The Kier molecular flexibility index (Phi) is 39.4. The van der Waals surface area contributed by atoms with Crippen LogP contribution in [0.2, 0.25) is 0 Å². The standard InChI is InChI=1S/4C5H6N2.4C2H6/c1-5-2-6-4-7-3-5;1-5-4-6-2-3-7-5;1-5-2-3-6-7-4-5;1-5-3-2-4-6-7-5;4*1-2/h4*2-4H,1H3;4*1-2H3. The van der Waals surface area contributed by atoms with Crippen LogP contribution < -0.4 is 0 Å². The molecule has 4 aromatic rings. The summed E-state index contributed by atoms with van der Waals surface area (Å²) in [5.41, 5.74) is 4.17. The van der Waals surface area contributed by atoms with Gasteiger partial charge in [0.2, 0.25) is 0 Å². The van der Waals surface area contributed by atoms with E-state index in [1.54, 1.807) is 49.6 Å². The molecule has 0 fully saturated rings. The summed E-state index contributed by atoms with van der Waals surface area (Å²) in [6.07, 6.45) is 15.2. The first-order chi connectivity index (χ1) is 17.6. The number of nitrogens with zero attached hydrogens (tertiary/aromatic N) is 8. The molecule has 0 spiro atoms. The van der Waals surface area contributed by atoms with Crippen LogP contribution in [0, 0.1) is 27.7 Å². The summed E-state index contributed by atoms with van der Waals surface area (Å²) < 4.78 is 0. The highest BCUT2D eigenvalue weighted by atomic mass is 15.1. The van der Waals surface area contributed by atoms with Crippen LogP contribution in [0.25, 0.3) is 0 Å². The minimum absolute atomic E-state index is 0.961. The number of aryl methyl sites for hydroxylation is 4. The fourth-order valence-electron chi connectivity index (χ4n) is 1.48. The van der Waals surface area contributed by atoms with E-state index in [1.807, 2.05) is 101 Å². The van der Waals surface area contributed by atoms with Gasteiger partial charge in [0.25, 0.3) is 0 Å². The lowest BCUT2D eigenvalue weighted by Crippen LogP contribution is -1.79. The van der Waals surface area contributed by atoms with E-state index < -0.39 is 0 Å². The van der Waals surface area contributed by atoms with E-state index in [9.17, 15) is 0 Å². The number of hydrogen-bond acceptors (Lipinski definition) is 8. The third-order valence-electron chi connectivity index (χ3n) is 2.82. The lowest BCUT2D eigenvalue weighted by Gasteiger charge is -1.81. The molecule has 0 saturated carbocycles. The van der Waals surface area contributed by atoms with Crippen molar-refractivity contribution >= 4 is 0 Å². The van der Waals surface area contributed by atoms with Gasteiger partial charge in [0.15, 0.2) is 0 Å². The first kappa shape index (κ1) is 39.5. The highest BCUT2D eigenvalue weighted by molar-refractivity contribution is 5.00. The van der Waals surface area contributed by atoms with Gasteiger partial charge in [-0.1, -0.05) is 55.4 Å². The van der Waals surface area contributed by atoms with Gasteiger partial charge < -0.3 is 0 Å². The van der Waals surface area contributed by atoms with Gasteiger partial charge in [-0.15, -0.1) is 0 Å². The summed E-state index contributed by atoms with van der Waals surface area (Å²) in [6.45, 7) is 23.8. The summed E-state index contributed by atoms with van der Waals surface area (Å²) in [4.78, 5) is 15.3. The van der Waals surface area contributed by atoms with Crippen LogP contribution in [0.15, 0.2) is 74.1 Å². The Labute approximate surface area is 220 Å². The minimum Gasteiger partial charge on any atom is -0.261 e. The molecule has 0 aliphatic rings. The molecule has 8 heteroatoms. The molecule has 4 heterocycles. The van der Waals surface area contributed by atoms with E-state index in [2.05, 4.69) is 40.3 Å². The van der Waals surface area contributed by atoms with E-state index in [4.69, 9.17) is 0 Å². The highest BCUT2D eigenvalue weighted by Crippen LogP contribution is 1.86. The first-order valence-electron chi connectivity index (χ1n) is 12.5. The van der Waals surface area contributed by atoms with Crippen molar-refractivity contribution in [1.82, 2.24) is 40.3 Å². The first-order valence-corrected chi connectivity index (χ1v) is 12.5. The van der Waals surface area contributed by atoms with Crippen molar-refractivity contribution in [2.24, 2.45) is 0 Å². The molecule has 0 amide bonds. The van der Waals surface area contributed by atoms with Crippen molar-refractivity contribution < 1.29 is 0 Å². The number of rotatable bonds is 0. The Morgan fingerprint density at radius 3 is 1.31 bits per heavy atom. The van der Waals surface area contributed by atoms with Gasteiger partial charge in [-0.2, -0.15) is 20.4 Å². The van der Waals surface area contributed by atoms with E-state index in [-0.39, 0.29) is 0 Å². The van der Waals surface area contributed by atoms with Crippen molar-refractivity contribution in [3.05, 3.63) is 96.6 Å². The molecule has 0 N–H and O–H groups in total. The van der Waals surface area contributed by atoms with Crippen LogP contribution in [0.4, 0.5) is 0 Å². The van der Waals surface area contributed by atoms with Gasteiger partial charge in [0.05, 0.1) is 17.6 Å². The van der Waals surface area contributed by atoms with Crippen molar-refractivity contribution in [2.45, 2.75) is 83.1 Å². The molecule has 0 aromatic carbocycles. The Bertz CT molecular complexity index is 697. The maximum Gasteiger partial charge on any atom is 0.115 e. The lowest BCUT2D eigenvalue weighted by molar-refractivity contribution is 0.980. The van der Waals surface area contributed by atoms with Gasteiger partial charge in [-0.3, -0.25) is 9.97 Å². The van der Waals surface area contributed by atoms with Gasteiger partial charge >= 0.3 is 0 Å². The second kappa shape index (κ2) is 35.9. The maximum atomic E-state index is 3.92. The molecule has 0 atom stereocenters. The Balaban J connectivity index is -0.000000173. The van der Waals surface area contributed by atoms with Crippen LogP contribution in [-0.4, -0.2) is 40.3 Å². The second-order valence-electron chi connectivity index (χ2n) is 5.55. The van der Waals surface area contributed by atoms with Gasteiger partial charge in [0, 0.05) is 43.4 Å². The molecule has 4 aromatic heterocycles. The van der Waals surface area contributed by atoms with Crippen molar-refractivity contribution in [1.29, 1.82) is 0 Å². The second-order valence-corrected chi connectivity index (χ2v) is 5.55. The average molecular weight is 497 g/mol. The topological polar surface area (TPSA) is 103 Å². The fraction of sp³-hybridized carbons (Fsp3) is 0.429. The molecular formula is C28H48N8. The van der Waals surface area contributed by atoms with E-state index in [1.165, 1.54) is 6.33 Å². The quantitative estimate of drug-likeness (QED) is 0.251. The zero-order valence-electron chi connectivity index (χ0n) is 24.5. The van der Waals surface area contributed by atoms with E-state index in [0.29, 0.717) is 0 Å². The van der Waals surface area contributed by atoms with Gasteiger partial charge in [-0.25, -0.2) is 9.97 Å². The third kappa shape index (κ3) is 32.5. The van der Waals surface area contributed by atoms with Crippen LogP contribution in [0.1, 0.15) is 77.9 Å². The van der Waals surface area contributed by atoms with Gasteiger partial charge in [0.1, 0.15) is 6.33 Å². The molecule has 0 radical (unpaired) electrons. The van der Waals surface area contributed by atoms with Crippen LogP contribution in [-0.2, 0) is 0 Å². The Morgan fingerprint density at radius 1 is 0.472 bits per heavy atom. The van der Waals surface area contributed by atoms with Crippen molar-refractivity contribution in [2.75, 3.05) is 0 Å². The lowest BCUT2D eigenvalue weighted by atomic mass is 10.4. The summed E-state index contributed by atoms with van der Waals surface area (Å²) in [5.74, 6) is 0. The zero-order valence-corrected chi connectivity index (χ0v) is 24.5. The van der Waals surface area contributed by atoms with Crippen LogP contribution >= 0.6 is 0 Å². The maximum absolute atomic E-state index is 3.92. The largest absolute Gasteiger partial charge is 0.261 e. The normalized spacial score (nSPS) is 7.44. The third-order valence-corrected chi connectivity index (χ3v) is 2.82. The zero-order chi connectivity index (χ0) is 28.5. The SMILES string of the molecule is CC.CC.CC.CC.Cc1cccnn1.Cc1ccnnc1.Cc1cnccn1.Cc1cncnc1. The van der Waals surface area contributed by atoms with E-state index in [0.717, 1.165) is 22.5 Å². The molecule has 0 aliphatic heterocycles. The molecule has 0 bridgehead atoms. The highest BCUT2D eigenvalue weighted by Gasteiger charge is 1.76. The fourth-order valence-corrected chi connectivity index (χ4v) is 1.48. The monoisotopic (exact) mass is 496 g/mol. The predicted molar refractivity (Wildman–Crippen MR) is 152 cm³/mol. The molecule has 0 saturated heterocycles. The predicted octanol–water partition coefficient (Wildman–Crippen LogP) is 7.24. The molecule has 0 aliphatic carbocycles. The van der Waals surface area contributed by atoms with Crippen LogP contribution in [0.5, 0.6) is 0 Å². The smallest absolute Gasteiger partial charge is 0.115 e. The Morgan fingerprint density at radius 2 is 1.08 bits per heavy atom. The van der Waals surface area contributed by atoms with Crippen LogP contribution in [0.3, 0.4) is 0 Å². The summed E-state index contributed by atoms with van der Waals surface area (Å²) in [7, 11) is 0. The van der Waals surface area contributed by atoms with Crippen molar-refractivity contribution in [3.8, 4) is 0 Å². The molecular weight excluding hydrogens is 448 g/mol. The molecule has 4 rings (SSSR count).